The predicted molar refractivity (Wildman–Crippen MR) is 124 cm³/mol. The Hall–Kier alpha value is -2.33. The smallest absolute Gasteiger partial charge is 0.402 e. The zero-order valence-corrected chi connectivity index (χ0v) is 20.1. The molecule has 4 heterocycles. The third-order valence-electron chi connectivity index (χ3n) is 8.62. The lowest BCUT2D eigenvalue weighted by Crippen LogP contribution is -2.64. The summed E-state index contributed by atoms with van der Waals surface area (Å²) >= 11 is 0. The Balaban J connectivity index is 1.20. The summed E-state index contributed by atoms with van der Waals surface area (Å²) in [6, 6.07) is 4.13. The number of aromatic nitrogens is 3. The highest BCUT2D eigenvalue weighted by molar-refractivity contribution is 5.64. The lowest BCUT2D eigenvalue weighted by Gasteiger charge is -2.50. The van der Waals surface area contributed by atoms with Gasteiger partial charge in [0.15, 0.2) is 11.6 Å². The van der Waals surface area contributed by atoms with E-state index in [4.69, 9.17) is 15.6 Å². The van der Waals surface area contributed by atoms with Crippen LogP contribution in [0.5, 0.6) is 5.75 Å². The molecule has 6 rings (SSSR count). The molecule has 35 heavy (non-hydrogen) atoms. The summed E-state index contributed by atoms with van der Waals surface area (Å²) in [6.45, 7) is 7.29. The molecule has 2 saturated carbocycles. The van der Waals surface area contributed by atoms with Crippen LogP contribution in [-0.2, 0) is 4.74 Å². The molecular formula is C25H32F3N5O2. The van der Waals surface area contributed by atoms with Gasteiger partial charge in [-0.15, -0.1) is 13.2 Å². The van der Waals surface area contributed by atoms with E-state index in [2.05, 4.69) is 33.2 Å². The number of nitrogens with two attached hydrogens (primary N) is 1. The average Bonchev–Trinajstić information content (AvgIpc) is 3.27. The third kappa shape index (κ3) is 4.08. The maximum Gasteiger partial charge on any atom is 0.573 e. The summed E-state index contributed by atoms with van der Waals surface area (Å²) in [5.74, 6) is 0.932. The Morgan fingerprint density at radius 2 is 2.00 bits per heavy atom. The van der Waals surface area contributed by atoms with Crippen molar-refractivity contribution in [3.8, 4) is 17.0 Å². The number of alkyl halides is 3. The van der Waals surface area contributed by atoms with E-state index >= 15 is 0 Å². The van der Waals surface area contributed by atoms with Gasteiger partial charge < -0.3 is 15.2 Å². The minimum atomic E-state index is -4.84. The van der Waals surface area contributed by atoms with E-state index in [1.165, 1.54) is 43.6 Å². The summed E-state index contributed by atoms with van der Waals surface area (Å²) in [6.07, 6.45) is 2.30. The van der Waals surface area contributed by atoms with Crippen LogP contribution in [0.15, 0.2) is 18.3 Å². The summed E-state index contributed by atoms with van der Waals surface area (Å²) in [5.41, 5.74) is 8.00. The Bertz CT molecular complexity index is 1090. The quantitative estimate of drug-likeness (QED) is 0.628. The zero-order chi connectivity index (χ0) is 24.5. The van der Waals surface area contributed by atoms with Crippen LogP contribution in [0.3, 0.4) is 0 Å². The topological polar surface area (TPSA) is 78.4 Å². The highest BCUT2D eigenvalue weighted by Crippen LogP contribution is 2.65. The van der Waals surface area contributed by atoms with Crippen LogP contribution in [0, 0.1) is 11.8 Å². The van der Waals surface area contributed by atoms with Gasteiger partial charge in [0.2, 0.25) is 0 Å². The molecule has 4 fully saturated rings. The van der Waals surface area contributed by atoms with E-state index in [9.17, 15) is 13.2 Å². The van der Waals surface area contributed by atoms with Crippen LogP contribution in [-0.4, -0.2) is 57.4 Å². The molecule has 190 valence electrons. The van der Waals surface area contributed by atoms with Gasteiger partial charge in [-0.1, -0.05) is 6.92 Å². The molecule has 4 aliphatic rings. The standard InChI is InChI=1S/C25H32F3N5O2/c1-3-14(2)33-20(10-19(31-33)15-7-21(23(29)30-11-15)35-25(26,27)28)22-17-8-16(9-18(17)22)32-12-24(13-32)5-4-6-34-24/h7,10-11,14,16-18,22H,3-6,8-9,12-13H2,1-2H3,(H2,29,30)/t14?,16?,17-,18+,22+. The van der Waals surface area contributed by atoms with Gasteiger partial charge in [-0.05, 0) is 63.0 Å². The van der Waals surface area contributed by atoms with Crippen molar-refractivity contribution in [2.24, 2.45) is 11.8 Å². The van der Waals surface area contributed by atoms with Crippen molar-refractivity contribution in [3.05, 3.63) is 24.0 Å². The summed E-state index contributed by atoms with van der Waals surface area (Å²) in [4.78, 5) is 6.53. The van der Waals surface area contributed by atoms with Gasteiger partial charge in [-0.25, -0.2) is 4.98 Å². The molecule has 5 atom stereocenters. The van der Waals surface area contributed by atoms with Crippen molar-refractivity contribution in [1.29, 1.82) is 0 Å². The first kappa shape index (κ1) is 23.1. The first-order valence-electron chi connectivity index (χ1n) is 12.7. The molecule has 2 aromatic rings. The monoisotopic (exact) mass is 491 g/mol. The number of hydrogen-bond acceptors (Lipinski definition) is 6. The summed E-state index contributed by atoms with van der Waals surface area (Å²) in [5, 5.41) is 4.81. The van der Waals surface area contributed by atoms with E-state index < -0.39 is 12.1 Å². The Morgan fingerprint density at radius 1 is 1.26 bits per heavy atom. The molecule has 2 N–H and O–H groups in total. The molecular weight excluding hydrogens is 459 g/mol. The maximum atomic E-state index is 12.8. The van der Waals surface area contributed by atoms with Crippen LogP contribution in [0.25, 0.3) is 11.3 Å². The van der Waals surface area contributed by atoms with Gasteiger partial charge in [-0.2, -0.15) is 5.10 Å². The predicted octanol–water partition coefficient (Wildman–Crippen LogP) is 4.75. The number of nitrogens with zero attached hydrogens (tertiary/aromatic N) is 4. The van der Waals surface area contributed by atoms with E-state index in [1.807, 2.05) is 6.07 Å². The first-order valence-corrected chi connectivity index (χ1v) is 12.7. The van der Waals surface area contributed by atoms with Crippen molar-refractivity contribution < 1.29 is 22.6 Å². The van der Waals surface area contributed by atoms with Crippen molar-refractivity contribution >= 4 is 5.82 Å². The molecule has 0 radical (unpaired) electrons. The molecule has 2 aliphatic carbocycles. The van der Waals surface area contributed by atoms with Gasteiger partial charge in [0.25, 0.3) is 0 Å². The number of anilines is 1. The van der Waals surface area contributed by atoms with Crippen molar-refractivity contribution in [2.45, 2.75) is 75.9 Å². The van der Waals surface area contributed by atoms with E-state index in [1.54, 1.807) is 0 Å². The average molecular weight is 492 g/mol. The van der Waals surface area contributed by atoms with Crippen LogP contribution in [0.4, 0.5) is 19.0 Å². The Kier molecular flexibility index (Phi) is 5.34. The van der Waals surface area contributed by atoms with Crippen molar-refractivity contribution in [1.82, 2.24) is 19.7 Å². The number of ether oxygens (including phenoxy) is 2. The van der Waals surface area contributed by atoms with Gasteiger partial charge in [0, 0.05) is 55.2 Å². The van der Waals surface area contributed by atoms with Crippen molar-refractivity contribution in [2.75, 3.05) is 25.4 Å². The molecule has 1 spiro atoms. The SMILES string of the molecule is CCC(C)n1nc(-c2cnc(N)c(OC(F)(F)F)c2)cc1[C@H]1[C@@H]2CC(N3CC4(CCCO4)C3)C[C@@H]21. The van der Waals surface area contributed by atoms with Crippen LogP contribution >= 0.6 is 0 Å². The molecule has 2 saturated heterocycles. The molecule has 0 amide bonds. The van der Waals surface area contributed by atoms with Gasteiger partial charge in [0.1, 0.15) is 0 Å². The number of nitrogen functional groups attached to an aromatic ring is 1. The lowest BCUT2D eigenvalue weighted by molar-refractivity contribution is -0.274. The Morgan fingerprint density at radius 3 is 2.63 bits per heavy atom. The van der Waals surface area contributed by atoms with E-state index in [-0.39, 0.29) is 17.5 Å². The number of pyridine rings is 1. The highest BCUT2D eigenvalue weighted by atomic mass is 19.4. The molecule has 7 nitrogen and oxygen atoms in total. The fraction of sp³-hybridized carbons (Fsp3) is 0.680. The van der Waals surface area contributed by atoms with Crippen LogP contribution < -0.4 is 10.5 Å². The second-order valence-corrected chi connectivity index (χ2v) is 10.8. The summed E-state index contributed by atoms with van der Waals surface area (Å²) in [7, 11) is 0. The largest absolute Gasteiger partial charge is 0.573 e. The Labute approximate surface area is 202 Å². The first-order chi connectivity index (χ1) is 16.7. The van der Waals surface area contributed by atoms with E-state index in [0.29, 0.717) is 35.1 Å². The maximum absolute atomic E-state index is 12.8. The fourth-order valence-corrected chi connectivity index (χ4v) is 6.63. The van der Waals surface area contributed by atoms with Crippen molar-refractivity contribution in [3.63, 3.8) is 0 Å². The van der Waals surface area contributed by atoms with Gasteiger partial charge in [0.05, 0.1) is 11.3 Å². The van der Waals surface area contributed by atoms with Gasteiger partial charge in [-0.3, -0.25) is 9.58 Å². The fourth-order valence-electron chi connectivity index (χ4n) is 6.63. The minimum Gasteiger partial charge on any atom is -0.402 e. The summed E-state index contributed by atoms with van der Waals surface area (Å²) < 4.78 is 50.5. The van der Waals surface area contributed by atoms with E-state index in [0.717, 1.165) is 26.1 Å². The molecule has 0 bridgehead atoms. The van der Waals surface area contributed by atoms with Gasteiger partial charge >= 0.3 is 6.36 Å². The normalized spacial score (nSPS) is 30.3. The molecule has 2 unspecified atom stereocenters. The number of hydrogen-bond donors (Lipinski definition) is 1. The number of rotatable bonds is 6. The van der Waals surface area contributed by atoms with Crippen LogP contribution in [0.1, 0.15) is 63.6 Å². The molecule has 2 aromatic heterocycles. The highest BCUT2D eigenvalue weighted by Gasteiger charge is 2.61. The molecule has 10 heteroatoms. The second kappa shape index (κ2) is 8.09. The van der Waals surface area contributed by atoms with Crippen LogP contribution in [0.2, 0.25) is 0 Å². The number of halogens is 3. The second-order valence-electron chi connectivity index (χ2n) is 10.8. The molecule has 0 aromatic carbocycles. The zero-order valence-electron chi connectivity index (χ0n) is 20.1. The number of fused-ring (bicyclic) bond motifs is 1. The molecule has 2 aliphatic heterocycles. The lowest BCUT2D eigenvalue weighted by atomic mass is 9.88. The third-order valence-corrected chi connectivity index (χ3v) is 8.62. The number of likely N-dealkylation sites (tertiary alicyclic amines) is 1. The minimum absolute atomic E-state index is 0.137.